The van der Waals surface area contributed by atoms with Crippen molar-refractivity contribution in [2.75, 3.05) is 20.2 Å². The second-order valence-corrected chi connectivity index (χ2v) is 19.4. The van der Waals surface area contributed by atoms with Gasteiger partial charge < -0.3 is 57.5 Å². The molecule has 394 valence electrons. The molecular weight excluding hydrogens is 994 g/mol. The van der Waals surface area contributed by atoms with Crippen molar-refractivity contribution in [3.8, 4) is 5.75 Å². The summed E-state index contributed by atoms with van der Waals surface area (Å²) in [7, 11) is -9.72. The van der Waals surface area contributed by atoms with Crippen molar-refractivity contribution in [3.63, 3.8) is 0 Å². The van der Waals surface area contributed by atoms with Crippen LogP contribution in [0.3, 0.4) is 0 Å². The van der Waals surface area contributed by atoms with Crippen LogP contribution in [0.4, 0.5) is 0 Å². The molecule has 2 saturated heterocycles. The Hall–Kier alpha value is -5.43. The van der Waals surface area contributed by atoms with E-state index >= 15 is 0 Å². The Morgan fingerprint density at radius 1 is 0.957 bits per heavy atom. The van der Waals surface area contributed by atoms with Crippen molar-refractivity contribution in [3.05, 3.63) is 28.8 Å². The van der Waals surface area contributed by atoms with Crippen molar-refractivity contribution < 1.29 is 82.8 Å². The zero-order chi connectivity index (χ0) is 53.0. The number of likely N-dealkylation sites (N-methyl/N-ethyl adjacent to an activating group) is 1. The van der Waals surface area contributed by atoms with Crippen LogP contribution in [-0.4, -0.2) is 168 Å². The van der Waals surface area contributed by atoms with Crippen LogP contribution in [0.1, 0.15) is 78.7 Å². The van der Waals surface area contributed by atoms with E-state index in [1.54, 1.807) is 27.7 Å². The maximum Gasteiger partial charge on any atom is 0.398 e. The molecule has 70 heavy (non-hydrogen) atoms. The number of cyclic esters (lactones) is 1. The van der Waals surface area contributed by atoms with E-state index in [1.807, 2.05) is 5.32 Å². The van der Waals surface area contributed by atoms with Crippen LogP contribution in [0.2, 0.25) is 5.02 Å². The lowest BCUT2D eigenvalue weighted by atomic mass is 9.91. The highest BCUT2D eigenvalue weighted by Gasteiger charge is 2.47. The first-order chi connectivity index (χ1) is 32.5. The molecule has 11 atom stereocenters. The van der Waals surface area contributed by atoms with Crippen molar-refractivity contribution in [1.29, 1.82) is 0 Å². The van der Waals surface area contributed by atoms with E-state index in [1.165, 1.54) is 25.2 Å². The minimum absolute atomic E-state index is 0.0245. The molecule has 0 aliphatic carbocycles. The van der Waals surface area contributed by atoms with Crippen LogP contribution in [0.5, 0.6) is 5.75 Å². The second-order valence-electron chi connectivity index (χ2n) is 16.9. The number of amides is 6. The summed E-state index contributed by atoms with van der Waals surface area (Å²) >= 11 is 6.21. The highest BCUT2D eigenvalue weighted by atomic mass is 35.5. The fourth-order valence-electron chi connectivity index (χ4n) is 7.52. The van der Waals surface area contributed by atoms with Gasteiger partial charge in [-0.3, -0.25) is 42.9 Å². The summed E-state index contributed by atoms with van der Waals surface area (Å²) in [6.07, 6.45) is -6.60. The third-order valence-electron chi connectivity index (χ3n) is 11.8. The third kappa shape index (κ3) is 16.9. The summed E-state index contributed by atoms with van der Waals surface area (Å²) in [6.45, 7) is 5.89. The molecule has 12 N–H and O–H groups in total. The van der Waals surface area contributed by atoms with Gasteiger partial charge in [0.25, 0.3) is 5.91 Å². The first-order valence-corrected chi connectivity index (χ1v) is 25.1. The Labute approximate surface area is 409 Å². The molecule has 30 heteroatoms. The molecule has 27 nitrogen and oxygen atoms in total. The van der Waals surface area contributed by atoms with Gasteiger partial charge in [-0.05, 0) is 62.1 Å². The average molecular weight is 1060 g/mol. The summed E-state index contributed by atoms with van der Waals surface area (Å²) in [5, 5.41) is 31.0. The van der Waals surface area contributed by atoms with E-state index in [0.717, 1.165) is 16.7 Å². The SMILES string of the molecule is CC[C@H](C)[C@@H]1NC(=O)[C@H](Cc2ccc(O)c(Cl)c2)N(C)C(=O)[C@H]([C@@H](C)CC)N2C(=O)[C@H](CC[C@H]2O)NC(=O)[C@H](CCCN=C(N)N)NC(=O)[C@@H](NC(=O)[C@@H](COS(=O)(=O)O)OS(=O)(=O)O)[C@@H](C)OC1=O. The van der Waals surface area contributed by atoms with E-state index in [0.29, 0.717) is 5.56 Å². The molecular formula is C40H62ClN9O18S2. The topological polar surface area (TPSA) is 415 Å². The number of carbonyl (C=O) groups is 7. The number of hydrogen-bond donors (Lipinski definition) is 10. The number of fused-ring (bicyclic) bond motifs is 2. The van der Waals surface area contributed by atoms with E-state index in [2.05, 4.69) is 29.3 Å². The first kappa shape index (κ1) is 58.9. The lowest BCUT2D eigenvalue weighted by molar-refractivity contribution is -0.168. The molecule has 1 aromatic rings. The minimum atomic E-state index is -5.60. The molecule has 0 unspecified atom stereocenters. The number of aliphatic imine (C=N–C) groups is 1. The first-order valence-electron chi connectivity index (χ1n) is 22.0. The van der Waals surface area contributed by atoms with Gasteiger partial charge in [0.2, 0.25) is 29.5 Å². The number of benzene rings is 1. The largest absolute Gasteiger partial charge is 0.506 e. The van der Waals surface area contributed by atoms with Crippen molar-refractivity contribution >= 4 is 79.8 Å². The van der Waals surface area contributed by atoms with Crippen LogP contribution in [0.25, 0.3) is 0 Å². The zero-order valence-electron chi connectivity index (χ0n) is 39.1. The molecule has 6 amide bonds. The number of guanidine groups is 1. The number of ether oxygens (including phenoxy) is 1. The smallest absolute Gasteiger partial charge is 0.398 e. The monoisotopic (exact) mass is 1060 g/mol. The molecule has 3 rings (SSSR count). The number of piperidine rings is 1. The molecule has 0 spiro atoms. The maximum atomic E-state index is 14.9. The summed E-state index contributed by atoms with van der Waals surface area (Å²) in [6, 6.07) is -5.83. The quantitative estimate of drug-likeness (QED) is 0.0259. The summed E-state index contributed by atoms with van der Waals surface area (Å²) in [4.78, 5) is 106. The molecule has 0 radical (unpaired) electrons. The molecule has 2 bridgehead atoms. The van der Waals surface area contributed by atoms with Crippen LogP contribution in [0.15, 0.2) is 23.2 Å². The number of aromatic hydroxyl groups is 1. The Morgan fingerprint density at radius 3 is 2.17 bits per heavy atom. The van der Waals surface area contributed by atoms with Crippen LogP contribution in [-0.2, 0) is 73.9 Å². The van der Waals surface area contributed by atoms with E-state index < -0.39 is 135 Å². The van der Waals surface area contributed by atoms with E-state index in [4.69, 9.17) is 32.4 Å². The van der Waals surface area contributed by atoms with Gasteiger partial charge in [-0.25, -0.2) is 13.2 Å². The fraction of sp³-hybridized carbons (Fsp3) is 0.650. The van der Waals surface area contributed by atoms with Gasteiger partial charge in [0.15, 0.2) is 12.1 Å². The van der Waals surface area contributed by atoms with Crippen molar-refractivity contribution in [2.45, 2.75) is 134 Å². The number of halogens is 1. The highest BCUT2D eigenvalue weighted by Crippen LogP contribution is 2.29. The van der Waals surface area contributed by atoms with Crippen molar-refractivity contribution in [2.24, 2.45) is 28.3 Å². The summed E-state index contributed by atoms with van der Waals surface area (Å²) in [5.41, 5.74) is 11.2. The van der Waals surface area contributed by atoms with Gasteiger partial charge >= 0.3 is 26.8 Å². The molecule has 2 fully saturated rings. The number of esters is 1. The predicted molar refractivity (Wildman–Crippen MR) is 245 cm³/mol. The molecule has 2 heterocycles. The number of rotatable bonds is 17. The van der Waals surface area contributed by atoms with Gasteiger partial charge in [0, 0.05) is 20.0 Å². The van der Waals surface area contributed by atoms with Crippen LogP contribution in [0, 0.1) is 11.8 Å². The minimum Gasteiger partial charge on any atom is -0.506 e. The van der Waals surface area contributed by atoms with Gasteiger partial charge in [-0.1, -0.05) is 58.2 Å². The lowest BCUT2D eigenvalue weighted by Crippen LogP contribution is -2.66. The number of nitrogens with one attached hydrogen (secondary N) is 4. The zero-order valence-corrected chi connectivity index (χ0v) is 41.5. The maximum absolute atomic E-state index is 14.9. The standard InChI is InChI=1S/C40H62ClN9O18S2/c1-7-19(3)30-39(59)67-21(5)31(48-35(55)28(68-70(63,64)65)18-66-69(60,61)62)36(56)45-24(10-9-15-44-40(42)43)33(53)46-25-12-14-29(52)50(37(25)57)32(20(4)8-2)38(58)49(6)26(34(54)47-30)17-22-11-13-27(51)23(41)16-22/h11,13,16,19-21,24-26,28-32,51-52H,7-10,12,14-15,17-18H2,1-6H3,(H,45,56)(H,46,53)(H,47,54)(H,48,55)(H4,42,43,44)(H,60,61,62)(H,63,64,65)/t19-,20-,21+,24-,25-,26-,28+,29+,30-,31-,32-/m0/s1. The van der Waals surface area contributed by atoms with Crippen LogP contribution >= 0.6 is 11.6 Å². The Morgan fingerprint density at radius 2 is 1.60 bits per heavy atom. The lowest BCUT2D eigenvalue weighted by Gasteiger charge is -2.44. The van der Waals surface area contributed by atoms with Gasteiger partial charge in [-0.15, -0.1) is 0 Å². The number of nitrogens with zero attached hydrogens (tertiary/aromatic N) is 3. The third-order valence-corrected chi connectivity index (χ3v) is 13.0. The second kappa shape index (κ2) is 25.6. The fourth-order valence-corrected chi connectivity index (χ4v) is 8.46. The number of aliphatic hydroxyl groups is 1. The number of hydrogen-bond acceptors (Lipinski definition) is 17. The van der Waals surface area contributed by atoms with Crippen molar-refractivity contribution in [1.82, 2.24) is 31.1 Å². The van der Waals surface area contributed by atoms with E-state index in [9.17, 15) is 65.2 Å². The molecule has 2 aliphatic rings. The molecule has 2 aliphatic heterocycles. The molecule has 1 aromatic carbocycles. The summed E-state index contributed by atoms with van der Waals surface area (Å²) in [5.74, 6) is -10.1. The molecule has 0 saturated carbocycles. The number of nitrogens with two attached hydrogens (primary N) is 2. The van der Waals surface area contributed by atoms with Gasteiger partial charge in [-0.2, -0.15) is 16.8 Å². The number of carbonyl (C=O) groups excluding carboxylic acids is 7. The average Bonchev–Trinajstić information content (AvgIpc) is 3.27. The number of phenols is 1. The highest BCUT2D eigenvalue weighted by molar-refractivity contribution is 7.81. The summed E-state index contributed by atoms with van der Waals surface area (Å²) < 4.78 is 78.6. The van der Waals surface area contributed by atoms with Gasteiger partial charge in [0.1, 0.15) is 60.9 Å². The molecule has 0 aromatic heterocycles. The van der Waals surface area contributed by atoms with Crippen LogP contribution < -0.4 is 32.7 Å². The van der Waals surface area contributed by atoms with E-state index in [-0.39, 0.29) is 68.2 Å². The van der Waals surface area contributed by atoms with Gasteiger partial charge in [0.05, 0.1) is 5.02 Å². The Balaban J connectivity index is 2.31. The number of aliphatic hydroxyl groups excluding tert-OH is 1. The predicted octanol–water partition coefficient (Wildman–Crippen LogP) is -2.24. The Bertz CT molecular complexity index is 2340. The normalized spacial score (nSPS) is 26.0. The number of phenolic OH excluding ortho intramolecular Hbond substituents is 1. The Kier molecular flexibility index (Phi) is 21.5.